The normalized spacial score (nSPS) is 19.3. The third kappa shape index (κ3) is 3.33. The minimum Gasteiger partial charge on any atom is -0.339 e. The van der Waals surface area contributed by atoms with Crippen LogP contribution in [-0.2, 0) is 14.8 Å². The Labute approximate surface area is 132 Å². The van der Waals surface area contributed by atoms with Gasteiger partial charge in [-0.05, 0) is 45.7 Å². The third-order valence-electron chi connectivity index (χ3n) is 3.98. The monoisotopic (exact) mass is 324 g/mol. The Bertz CT molecular complexity index is 672. The van der Waals surface area contributed by atoms with Crippen LogP contribution in [0.15, 0.2) is 17.0 Å². The van der Waals surface area contributed by atoms with Crippen LogP contribution in [0.1, 0.15) is 37.0 Å². The molecule has 2 rings (SSSR count). The van der Waals surface area contributed by atoms with E-state index in [9.17, 15) is 13.2 Å². The summed E-state index contributed by atoms with van der Waals surface area (Å²) in [5.74, 6) is 0.0000463. The van der Waals surface area contributed by atoms with Crippen molar-refractivity contribution >= 4 is 15.9 Å². The molecule has 5 nitrogen and oxygen atoms in total. The second kappa shape index (κ2) is 6.01. The van der Waals surface area contributed by atoms with E-state index in [1.54, 1.807) is 18.7 Å². The first-order chi connectivity index (χ1) is 10.1. The zero-order valence-electron chi connectivity index (χ0n) is 13.8. The highest BCUT2D eigenvalue weighted by atomic mass is 32.2. The van der Waals surface area contributed by atoms with E-state index in [0.29, 0.717) is 11.4 Å². The second-order valence-corrected chi connectivity index (χ2v) is 8.04. The summed E-state index contributed by atoms with van der Waals surface area (Å²) < 4.78 is 28.1. The second-order valence-electron chi connectivity index (χ2n) is 6.39. The molecule has 0 spiro atoms. The highest BCUT2D eigenvalue weighted by Crippen LogP contribution is 2.23. The molecule has 1 fully saturated rings. The lowest BCUT2D eigenvalue weighted by Crippen LogP contribution is -2.39. The minimum absolute atomic E-state index is 0.0000463. The van der Waals surface area contributed by atoms with Crippen molar-refractivity contribution in [1.29, 1.82) is 0 Å². The van der Waals surface area contributed by atoms with E-state index in [0.717, 1.165) is 16.7 Å². The van der Waals surface area contributed by atoms with E-state index in [1.807, 2.05) is 32.9 Å². The number of carbonyl (C=O) groups is 1. The van der Waals surface area contributed by atoms with Gasteiger partial charge in [-0.2, -0.15) is 0 Å². The van der Waals surface area contributed by atoms with Crippen molar-refractivity contribution in [3.8, 4) is 0 Å². The predicted molar refractivity (Wildman–Crippen MR) is 86.2 cm³/mol. The van der Waals surface area contributed by atoms with Crippen LogP contribution in [0, 0.1) is 20.8 Å². The Hall–Kier alpha value is -1.40. The smallest absolute Gasteiger partial charge is 0.241 e. The maximum atomic E-state index is 12.7. The van der Waals surface area contributed by atoms with Crippen LogP contribution in [0.3, 0.4) is 0 Å². The molecular formula is C16H24N2O3S. The van der Waals surface area contributed by atoms with Crippen LogP contribution < -0.4 is 4.72 Å². The van der Waals surface area contributed by atoms with Crippen LogP contribution in [0.5, 0.6) is 0 Å². The summed E-state index contributed by atoms with van der Waals surface area (Å²) in [4.78, 5) is 14.0. The lowest BCUT2D eigenvalue weighted by atomic mass is 10.1. The number of hydrogen-bond donors (Lipinski definition) is 1. The van der Waals surface area contributed by atoms with Gasteiger partial charge in [0.25, 0.3) is 0 Å². The molecule has 0 saturated carbocycles. The van der Waals surface area contributed by atoms with Gasteiger partial charge in [0, 0.05) is 25.0 Å². The van der Waals surface area contributed by atoms with E-state index in [2.05, 4.69) is 4.72 Å². The Morgan fingerprint density at radius 1 is 1.18 bits per heavy atom. The van der Waals surface area contributed by atoms with Gasteiger partial charge in [0.15, 0.2) is 0 Å². The Kier molecular flexibility index (Phi) is 4.63. The van der Waals surface area contributed by atoms with Crippen molar-refractivity contribution in [1.82, 2.24) is 9.62 Å². The van der Waals surface area contributed by atoms with E-state index < -0.39 is 10.0 Å². The standard InChI is InChI=1S/C16H24N2O3S/c1-10(2)18-9-14(8-15(18)19)17-22(20,21)16-12(4)6-11(3)7-13(16)5/h6-7,10,14,17H,8-9H2,1-5H3. The number of amides is 1. The number of nitrogens with zero attached hydrogens (tertiary/aromatic N) is 1. The minimum atomic E-state index is -3.62. The topological polar surface area (TPSA) is 66.5 Å². The molecule has 1 aliphatic rings. The molecule has 1 saturated heterocycles. The molecular weight excluding hydrogens is 300 g/mol. The molecule has 1 N–H and O–H groups in total. The summed E-state index contributed by atoms with van der Waals surface area (Å²) in [5.41, 5.74) is 2.50. The summed E-state index contributed by atoms with van der Waals surface area (Å²) in [6.45, 7) is 9.84. The molecule has 1 aliphatic heterocycles. The highest BCUT2D eigenvalue weighted by molar-refractivity contribution is 7.89. The highest BCUT2D eigenvalue weighted by Gasteiger charge is 2.34. The first kappa shape index (κ1) is 17.0. The Morgan fingerprint density at radius 2 is 1.73 bits per heavy atom. The van der Waals surface area contributed by atoms with Crippen LogP contribution in [0.2, 0.25) is 0 Å². The molecule has 0 aromatic heterocycles. The maximum absolute atomic E-state index is 12.7. The van der Waals surface area contributed by atoms with E-state index in [1.165, 1.54) is 0 Å². The van der Waals surface area contributed by atoms with Crippen molar-refractivity contribution in [2.24, 2.45) is 0 Å². The lowest BCUT2D eigenvalue weighted by molar-refractivity contribution is -0.129. The SMILES string of the molecule is Cc1cc(C)c(S(=O)(=O)NC2CC(=O)N(C(C)C)C2)c(C)c1. The van der Waals surface area contributed by atoms with Gasteiger partial charge in [-0.15, -0.1) is 0 Å². The number of sulfonamides is 1. The van der Waals surface area contributed by atoms with Gasteiger partial charge in [0.2, 0.25) is 15.9 Å². The van der Waals surface area contributed by atoms with Crippen LogP contribution in [-0.4, -0.2) is 37.9 Å². The molecule has 22 heavy (non-hydrogen) atoms. The molecule has 1 aromatic rings. The third-order valence-corrected chi connectivity index (χ3v) is 5.80. The Morgan fingerprint density at radius 3 is 2.18 bits per heavy atom. The van der Waals surface area contributed by atoms with Crippen molar-refractivity contribution in [2.75, 3.05) is 6.54 Å². The summed E-state index contributed by atoms with van der Waals surface area (Å²) in [6.07, 6.45) is 0.224. The molecule has 0 radical (unpaired) electrons. The fraction of sp³-hybridized carbons (Fsp3) is 0.562. The van der Waals surface area contributed by atoms with Crippen LogP contribution >= 0.6 is 0 Å². The van der Waals surface area contributed by atoms with Crippen molar-refractivity contribution in [2.45, 2.75) is 58.0 Å². The van der Waals surface area contributed by atoms with Gasteiger partial charge in [-0.1, -0.05) is 17.7 Å². The van der Waals surface area contributed by atoms with E-state index in [-0.39, 0.29) is 24.4 Å². The first-order valence-electron chi connectivity index (χ1n) is 7.51. The maximum Gasteiger partial charge on any atom is 0.241 e. The zero-order chi connectivity index (χ0) is 16.7. The van der Waals surface area contributed by atoms with Gasteiger partial charge in [0.1, 0.15) is 0 Å². The van der Waals surface area contributed by atoms with Gasteiger partial charge >= 0.3 is 0 Å². The number of benzene rings is 1. The summed E-state index contributed by atoms with van der Waals surface area (Å²) in [7, 11) is -3.62. The number of aryl methyl sites for hydroxylation is 3. The summed E-state index contributed by atoms with van der Waals surface area (Å²) >= 11 is 0. The van der Waals surface area contributed by atoms with Crippen molar-refractivity contribution in [3.63, 3.8) is 0 Å². The predicted octanol–water partition coefficient (Wildman–Crippen LogP) is 1.90. The number of nitrogens with one attached hydrogen (secondary N) is 1. The number of carbonyl (C=O) groups excluding carboxylic acids is 1. The molecule has 0 bridgehead atoms. The quantitative estimate of drug-likeness (QED) is 0.920. The van der Waals surface area contributed by atoms with Gasteiger partial charge in [-0.25, -0.2) is 13.1 Å². The molecule has 1 atom stereocenters. The fourth-order valence-electron chi connectivity index (χ4n) is 3.18. The average molecular weight is 324 g/mol. The van der Waals surface area contributed by atoms with Crippen LogP contribution in [0.4, 0.5) is 0 Å². The molecule has 1 amide bonds. The lowest BCUT2D eigenvalue weighted by Gasteiger charge is -2.21. The molecule has 1 unspecified atom stereocenters. The van der Waals surface area contributed by atoms with E-state index >= 15 is 0 Å². The van der Waals surface area contributed by atoms with Crippen molar-refractivity contribution in [3.05, 3.63) is 28.8 Å². The zero-order valence-corrected chi connectivity index (χ0v) is 14.6. The van der Waals surface area contributed by atoms with Crippen molar-refractivity contribution < 1.29 is 13.2 Å². The van der Waals surface area contributed by atoms with Gasteiger partial charge in [0.05, 0.1) is 4.90 Å². The molecule has 6 heteroatoms. The summed E-state index contributed by atoms with van der Waals surface area (Å²) in [5, 5.41) is 0. The number of hydrogen-bond acceptors (Lipinski definition) is 3. The van der Waals surface area contributed by atoms with E-state index in [4.69, 9.17) is 0 Å². The molecule has 1 aromatic carbocycles. The number of likely N-dealkylation sites (tertiary alicyclic amines) is 1. The summed E-state index contributed by atoms with van der Waals surface area (Å²) in [6, 6.07) is 3.45. The largest absolute Gasteiger partial charge is 0.339 e. The average Bonchev–Trinajstić information content (AvgIpc) is 2.67. The van der Waals surface area contributed by atoms with Gasteiger partial charge in [-0.3, -0.25) is 4.79 Å². The Balaban J connectivity index is 2.25. The fourth-order valence-corrected chi connectivity index (χ4v) is 4.86. The molecule has 1 heterocycles. The van der Waals surface area contributed by atoms with Gasteiger partial charge < -0.3 is 4.90 Å². The number of rotatable bonds is 4. The molecule has 0 aliphatic carbocycles. The molecule has 122 valence electrons. The van der Waals surface area contributed by atoms with Crippen LogP contribution in [0.25, 0.3) is 0 Å². The first-order valence-corrected chi connectivity index (χ1v) is 9.00.